The van der Waals surface area contributed by atoms with E-state index in [4.69, 9.17) is 4.74 Å². The van der Waals surface area contributed by atoms with Crippen LogP contribution in [0.1, 0.15) is 47.2 Å². The van der Waals surface area contributed by atoms with Gasteiger partial charge in [-0.3, -0.25) is 4.79 Å². The van der Waals surface area contributed by atoms with Crippen molar-refractivity contribution in [2.45, 2.75) is 39.5 Å². The van der Waals surface area contributed by atoms with Crippen molar-refractivity contribution in [3.05, 3.63) is 28.8 Å². The molecule has 0 heterocycles. The Morgan fingerprint density at radius 2 is 1.71 bits per heavy atom. The molecule has 2 rings (SSSR count). The monoisotopic (exact) mass is 232 g/mol. The molecule has 0 aromatic heterocycles. The third kappa shape index (κ3) is 2.36. The lowest BCUT2D eigenvalue weighted by Gasteiger charge is -2.14. The highest BCUT2D eigenvalue weighted by Gasteiger charge is 2.26. The summed E-state index contributed by atoms with van der Waals surface area (Å²) < 4.78 is 5.22. The zero-order valence-corrected chi connectivity index (χ0v) is 10.9. The molecule has 2 heteroatoms. The molecule has 1 aromatic rings. The van der Waals surface area contributed by atoms with Crippen LogP contribution < -0.4 is 4.74 Å². The molecule has 0 bridgehead atoms. The van der Waals surface area contributed by atoms with Gasteiger partial charge in [0.05, 0.1) is 7.11 Å². The molecule has 2 nitrogen and oxygen atoms in total. The van der Waals surface area contributed by atoms with Crippen molar-refractivity contribution in [3.63, 3.8) is 0 Å². The largest absolute Gasteiger partial charge is 0.497 e. The number of carbonyl (C=O) groups excluding carboxylic acids is 1. The molecular weight excluding hydrogens is 212 g/mol. The minimum atomic E-state index is 0.251. The number of benzene rings is 1. The van der Waals surface area contributed by atoms with Crippen molar-refractivity contribution in [1.82, 2.24) is 0 Å². The lowest BCUT2D eigenvalue weighted by molar-refractivity contribution is 0.0921. The van der Waals surface area contributed by atoms with E-state index < -0.39 is 0 Å². The fourth-order valence-electron chi connectivity index (χ4n) is 2.82. The van der Waals surface area contributed by atoms with Crippen molar-refractivity contribution in [3.8, 4) is 5.75 Å². The Hall–Kier alpha value is -1.31. The molecule has 0 saturated heterocycles. The number of carbonyl (C=O) groups is 1. The van der Waals surface area contributed by atoms with Gasteiger partial charge in [-0.15, -0.1) is 0 Å². The van der Waals surface area contributed by atoms with Crippen molar-refractivity contribution in [1.29, 1.82) is 0 Å². The van der Waals surface area contributed by atoms with Crippen LogP contribution in [0.4, 0.5) is 0 Å². The van der Waals surface area contributed by atoms with Gasteiger partial charge in [0, 0.05) is 11.5 Å². The first-order valence-electron chi connectivity index (χ1n) is 6.33. The van der Waals surface area contributed by atoms with Crippen LogP contribution in [0, 0.1) is 19.8 Å². The molecule has 0 atom stereocenters. The average molecular weight is 232 g/mol. The van der Waals surface area contributed by atoms with E-state index in [2.05, 4.69) is 0 Å². The van der Waals surface area contributed by atoms with E-state index in [0.29, 0.717) is 5.78 Å². The molecular formula is C15H20O2. The van der Waals surface area contributed by atoms with E-state index in [1.54, 1.807) is 7.11 Å². The predicted octanol–water partition coefficient (Wildman–Crippen LogP) is 3.68. The van der Waals surface area contributed by atoms with Gasteiger partial charge >= 0.3 is 0 Å². The summed E-state index contributed by atoms with van der Waals surface area (Å²) in [4.78, 5) is 12.4. The van der Waals surface area contributed by atoms with E-state index >= 15 is 0 Å². The van der Waals surface area contributed by atoms with E-state index in [1.165, 1.54) is 12.8 Å². The molecule has 0 unspecified atom stereocenters. The summed E-state index contributed by atoms with van der Waals surface area (Å²) in [5.41, 5.74) is 3.00. The first-order valence-corrected chi connectivity index (χ1v) is 6.33. The van der Waals surface area contributed by atoms with Crippen LogP contribution in [-0.4, -0.2) is 12.9 Å². The topological polar surface area (TPSA) is 26.3 Å². The Morgan fingerprint density at radius 3 is 2.18 bits per heavy atom. The Morgan fingerprint density at radius 1 is 1.18 bits per heavy atom. The van der Waals surface area contributed by atoms with Crippen LogP contribution in [-0.2, 0) is 0 Å². The minimum absolute atomic E-state index is 0.251. The summed E-state index contributed by atoms with van der Waals surface area (Å²) in [6.45, 7) is 4.00. The Balaban J connectivity index is 2.34. The van der Waals surface area contributed by atoms with Crippen molar-refractivity contribution < 1.29 is 9.53 Å². The molecule has 1 aromatic carbocycles. The number of ketones is 1. The maximum atomic E-state index is 12.4. The lowest BCUT2D eigenvalue weighted by Crippen LogP contribution is -2.14. The molecule has 1 aliphatic rings. The number of hydrogen-bond acceptors (Lipinski definition) is 2. The maximum absolute atomic E-state index is 12.4. The summed E-state index contributed by atoms with van der Waals surface area (Å²) in [5, 5.41) is 0. The SMILES string of the molecule is COc1cc(C)c(C(=O)C2CCCC2)c(C)c1. The predicted molar refractivity (Wildman–Crippen MR) is 68.8 cm³/mol. The average Bonchev–Trinajstić information content (AvgIpc) is 2.81. The van der Waals surface area contributed by atoms with Crippen LogP contribution >= 0.6 is 0 Å². The quantitative estimate of drug-likeness (QED) is 0.743. The van der Waals surface area contributed by atoms with Crippen molar-refractivity contribution >= 4 is 5.78 Å². The highest BCUT2D eigenvalue weighted by Crippen LogP contribution is 2.31. The van der Waals surface area contributed by atoms with Gasteiger partial charge in [0.2, 0.25) is 0 Å². The van der Waals surface area contributed by atoms with Gasteiger partial charge in [0.15, 0.2) is 5.78 Å². The number of hydrogen-bond donors (Lipinski definition) is 0. The Bertz CT molecular complexity index is 406. The molecule has 0 aliphatic heterocycles. The molecule has 0 radical (unpaired) electrons. The zero-order valence-electron chi connectivity index (χ0n) is 10.9. The Kier molecular flexibility index (Phi) is 3.51. The van der Waals surface area contributed by atoms with Gasteiger partial charge < -0.3 is 4.74 Å². The fraction of sp³-hybridized carbons (Fsp3) is 0.533. The van der Waals surface area contributed by atoms with Crippen LogP contribution in [0.3, 0.4) is 0 Å². The third-order valence-electron chi connectivity index (χ3n) is 3.71. The smallest absolute Gasteiger partial charge is 0.166 e. The van der Waals surface area contributed by atoms with E-state index in [0.717, 1.165) is 35.3 Å². The summed E-state index contributed by atoms with van der Waals surface area (Å²) in [6.07, 6.45) is 4.52. The van der Waals surface area contributed by atoms with Crippen molar-refractivity contribution in [2.75, 3.05) is 7.11 Å². The summed E-state index contributed by atoms with van der Waals surface area (Å²) in [5.74, 6) is 1.42. The van der Waals surface area contributed by atoms with E-state index in [1.807, 2.05) is 26.0 Å². The first kappa shape index (κ1) is 12.2. The summed E-state index contributed by atoms with van der Waals surface area (Å²) >= 11 is 0. The summed E-state index contributed by atoms with van der Waals surface area (Å²) in [7, 11) is 1.66. The normalized spacial score (nSPS) is 16.2. The van der Waals surface area contributed by atoms with Crippen LogP contribution in [0.15, 0.2) is 12.1 Å². The highest BCUT2D eigenvalue weighted by molar-refractivity contribution is 6.00. The number of aryl methyl sites for hydroxylation is 2. The van der Waals surface area contributed by atoms with Gasteiger partial charge in [-0.1, -0.05) is 12.8 Å². The molecule has 0 amide bonds. The minimum Gasteiger partial charge on any atom is -0.497 e. The van der Waals surface area contributed by atoms with Gasteiger partial charge in [0.1, 0.15) is 5.75 Å². The maximum Gasteiger partial charge on any atom is 0.166 e. The number of ether oxygens (including phenoxy) is 1. The number of Topliss-reactive ketones (excluding diaryl/α,β-unsaturated/α-hetero) is 1. The van der Waals surface area contributed by atoms with Gasteiger partial charge in [-0.25, -0.2) is 0 Å². The van der Waals surface area contributed by atoms with Gasteiger partial charge in [-0.2, -0.15) is 0 Å². The molecule has 0 spiro atoms. The summed E-state index contributed by atoms with van der Waals surface area (Å²) in [6, 6.07) is 3.91. The standard InChI is InChI=1S/C15H20O2/c1-10-8-13(17-3)9-11(2)14(10)15(16)12-6-4-5-7-12/h8-9,12H,4-7H2,1-3H3. The molecule has 1 aliphatic carbocycles. The zero-order chi connectivity index (χ0) is 12.4. The van der Waals surface area contributed by atoms with Crippen molar-refractivity contribution in [2.24, 2.45) is 5.92 Å². The first-order chi connectivity index (χ1) is 8.13. The lowest BCUT2D eigenvalue weighted by atomic mass is 9.90. The second-order valence-corrected chi connectivity index (χ2v) is 4.98. The van der Waals surface area contributed by atoms with E-state index in [-0.39, 0.29) is 5.92 Å². The Labute approximate surface area is 103 Å². The van der Waals surface area contributed by atoms with Gasteiger partial charge in [0.25, 0.3) is 0 Å². The van der Waals surface area contributed by atoms with Crippen LogP contribution in [0.5, 0.6) is 5.75 Å². The molecule has 17 heavy (non-hydrogen) atoms. The van der Waals surface area contributed by atoms with Crippen LogP contribution in [0.25, 0.3) is 0 Å². The second kappa shape index (κ2) is 4.91. The van der Waals surface area contributed by atoms with Gasteiger partial charge in [-0.05, 0) is 49.9 Å². The molecule has 1 saturated carbocycles. The molecule has 0 N–H and O–H groups in total. The highest BCUT2D eigenvalue weighted by atomic mass is 16.5. The van der Waals surface area contributed by atoms with E-state index in [9.17, 15) is 4.79 Å². The fourth-order valence-corrected chi connectivity index (χ4v) is 2.82. The third-order valence-corrected chi connectivity index (χ3v) is 3.71. The number of methoxy groups -OCH3 is 1. The molecule has 92 valence electrons. The molecule has 1 fully saturated rings. The second-order valence-electron chi connectivity index (χ2n) is 4.98. The van der Waals surface area contributed by atoms with Crippen LogP contribution in [0.2, 0.25) is 0 Å². The number of rotatable bonds is 3.